The number of benzene rings is 1. The van der Waals surface area contributed by atoms with Gasteiger partial charge in [-0.05, 0) is 23.8 Å². The number of nitrogens with zero attached hydrogens (tertiary/aromatic N) is 5. The summed E-state index contributed by atoms with van der Waals surface area (Å²) in [6, 6.07) is 5.23. The molecule has 2 aromatic heterocycles. The molecule has 1 unspecified atom stereocenters. The molecule has 1 atom stereocenters. The van der Waals surface area contributed by atoms with Gasteiger partial charge in [0.25, 0.3) is 5.91 Å². The molecule has 1 aromatic carbocycles. The topological polar surface area (TPSA) is 127 Å². The number of alkyl halides is 1. The first-order valence-electron chi connectivity index (χ1n) is 9.48. The van der Waals surface area contributed by atoms with E-state index in [4.69, 9.17) is 5.73 Å². The maximum Gasteiger partial charge on any atom is 0.352 e. The molecule has 3 N–H and O–H groups in total. The lowest BCUT2D eigenvalue weighted by Gasteiger charge is -2.25. The molecule has 3 heterocycles. The van der Waals surface area contributed by atoms with Crippen LogP contribution in [0.3, 0.4) is 0 Å². The van der Waals surface area contributed by atoms with Crippen molar-refractivity contribution in [3.05, 3.63) is 71.8 Å². The van der Waals surface area contributed by atoms with E-state index in [-0.39, 0.29) is 34.9 Å². The zero-order chi connectivity index (χ0) is 23.0. The number of aromatic nitrogens is 3. The number of carboxylic acids is 1. The van der Waals surface area contributed by atoms with Crippen LogP contribution in [-0.2, 0) is 16.9 Å². The van der Waals surface area contributed by atoms with E-state index in [0.717, 1.165) is 4.90 Å². The summed E-state index contributed by atoms with van der Waals surface area (Å²) in [4.78, 5) is 38.4. The van der Waals surface area contributed by atoms with Gasteiger partial charge in [-0.3, -0.25) is 9.69 Å². The first-order valence-corrected chi connectivity index (χ1v) is 9.48. The van der Waals surface area contributed by atoms with Crippen molar-refractivity contribution in [3.8, 4) is 11.1 Å². The predicted octanol–water partition coefficient (Wildman–Crippen LogP) is 1.78. The van der Waals surface area contributed by atoms with Crippen LogP contribution >= 0.6 is 0 Å². The Morgan fingerprint density at radius 2 is 1.94 bits per heavy atom. The molecule has 9 nitrogen and oxygen atoms in total. The summed E-state index contributed by atoms with van der Waals surface area (Å²) in [5, 5.41) is 9.54. The van der Waals surface area contributed by atoms with Crippen LogP contribution in [0, 0.1) is 5.82 Å². The fourth-order valence-corrected chi connectivity index (χ4v) is 3.76. The Kier molecular flexibility index (Phi) is 5.17. The minimum atomic E-state index is -1.78. The molecule has 11 heteroatoms. The lowest BCUT2D eigenvalue weighted by Crippen LogP contribution is -2.41. The number of rotatable bonds is 6. The second-order valence-electron chi connectivity index (χ2n) is 7.17. The number of aromatic carboxylic acids is 1. The van der Waals surface area contributed by atoms with E-state index in [1.807, 2.05) is 0 Å². The van der Waals surface area contributed by atoms with Gasteiger partial charge in [0.2, 0.25) is 0 Å². The molecule has 0 spiro atoms. The van der Waals surface area contributed by atoms with Crippen molar-refractivity contribution in [2.24, 2.45) is 10.7 Å². The highest BCUT2D eigenvalue weighted by atomic mass is 19.1. The lowest BCUT2D eigenvalue weighted by atomic mass is 9.83. The standard InChI is InChI=1S/C21H18F2N6O3/c1-28-19(32)21(27-20(28)24,14-7-17(18(30)31)29(10-14)5-4-22)13-2-3-16(23)15(6-13)12-8-25-11-26-9-12/h2-3,6-11H,4-5H2,1H3,(H2,24,27)(H,30,31). The Balaban J connectivity index is 1.98. The first-order chi connectivity index (χ1) is 15.3. The van der Waals surface area contributed by atoms with Crippen LogP contribution < -0.4 is 5.73 Å². The highest BCUT2D eigenvalue weighted by molar-refractivity contribution is 6.09. The van der Waals surface area contributed by atoms with E-state index >= 15 is 0 Å². The quantitative estimate of drug-likeness (QED) is 0.602. The van der Waals surface area contributed by atoms with Crippen LogP contribution in [0.2, 0.25) is 0 Å². The van der Waals surface area contributed by atoms with Crippen molar-refractivity contribution in [2.45, 2.75) is 12.1 Å². The van der Waals surface area contributed by atoms with Gasteiger partial charge in [0.05, 0.1) is 6.54 Å². The molecule has 0 saturated heterocycles. The number of hydrogen-bond donors (Lipinski definition) is 2. The number of carbonyl (C=O) groups excluding carboxylic acids is 1. The maximum atomic E-state index is 14.7. The zero-order valence-electron chi connectivity index (χ0n) is 16.9. The molecule has 0 fully saturated rings. The summed E-state index contributed by atoms with van der Waals surface area (Å²) >= 11 is 0. The van der Waals surface area contributed by atoms with Gasteiger partial charge in [0, 0.05) is 42.3 Å². The fraction of sp³-hybridized carbons (Fsp3) is 0.190. The smallest absolute Gasteiger partial charge is 0.352 e. The van der Waals surface area contributed by atoms with Gasteiger partial charge in [-0.15, -0.1) is 0 Å². The number of guanidine groups is 1. The monoisotopic (exact) mass is 440 g/mol. The summed E-state index contributed by atoms with van der Waals surface area (Å²) in [7, 11) is 1.43. The fourth-order valence-electron chi connectivity index (χ4n) is 3.76. The molecular weight excluding hydrogens is 422 g/mol. The van der Waals surface area contributed by atoms with Gasteiger partial charge in [-0.1, -0.05) is 6.07 Å². The Bertz CT molecular complexity index is 1240. The molecular formula is C21H18F2N6O3. The predicted molar refractivity (Wildman–Crippen MR) is 110 cm³/mol. The van der Waals surface area contributed by atoms with Crippen molar-refractivity contribution in [2.75, 3.05) is 13.7 Å². The molecule has 0 saturated carbocycles. The Morgan fingerprint density at radius 3 is 2.53 bits per heavy atom. The third-order valence-corrected chi connectivity index (χ3v) is 5.35. The number of aryl methyl sites for hydroxylation is 1. The number of halogens is 2. The average molecular weight is 440 g/mol. The molecule has 1 aliphatic rings. The van der Waals surface area contributed by atoms with Gasteiger partial charge in [0.15, 0.2) is 11.5 Å². The number of carboxylic acid groups (broad SMARTS) is 1. The van der Waals surface area contributed by atoms with Crippen LogP contribution in [0.1, 0.15) is 21.6 Å². The Morgan fingerprint density at radius 1 is 1.22 bits per heavy atom. The van der Waals surface area contributed by atoms with E-state index in [1.165, 1.54) is 60.8 Å². The lowest BCUT2D eigenvalue weighted by molar-refractivity contribution is -0.129. The van der Waals surface area contributed by atoms with E-state index < -0.39 is 29.9 Å². The van der Waals surface area contributed by atoms with Crippen LogP contribution in [0.4, 0.5) is 8.78 Å². The minimum absolute atomic E-state index is 0.0981. The molecule has 4 rings (SSSR count). The van der Waals surface area contributed by atoms with Crippen LogP contribution in [0.5, 0.6) is 0 Å². The number of aliphatic imine (C=N–C) groups is 1. The Hall–Kier alpha value is -4.15. The van der Waals surface area contributed by atoms with Gasteiger partial charge in [-0.2, -0.15) is 0 Å². The van der Waals surface area contributed by atoms with Crippen LogP contribution in [0.15, 0.2) is 54.2 Å². The van der Waals surface area contributed by atoms with E-state index in [9.17, 15) is 23.5 Å². The van der Waals surface area contributed by atoms with Crippen molar-refractivity contribution >= 4 is 17.8 Å². The van der Waals surface area contributed by atoms with Crippen molar-refractivity contribution < 1.29 is 23.5 Å². The highest BCUT2D eigenvalue weighted by Gasteiger charge is 2.50. The SMILES string of the molecule is CN1C(=O)C(c2ccc(F)c(-c3cncnc3)c2)(c2cc(C(=O)O)n(CCF)c2)N=C1N. The summed E-state index contributed by atoms with van der Waals surface area (Å²) in [5.41, 5.74) is 4.87. The van der Waals surface area contributed by atoms with Gasteiger partial charge in [-0.25, -0.2) is 28.5 Å². The van der Waals surface area contributed by atoms with Crippen molar-refractivity contribution in [1.29, 1.82) is 0 Å². The molecule has 0 radical (unpaired) electrons. The van der Waals surface area contributed by atoms with E-state index in [1.54, 1.807) is 0 Å². The first kappa shape index (κ1) is 21.1. The maximum absolute atomic E-state index is 14.7. The molecule has 164 valence electrons. The normalized spacial score (nSPS) is 18.2. The summed E-state index contributed by atoms with van der Waals surface area (Å²) in [6.45, 7) is -1.04. The molecule has 1 amide bonds. The van der Waals surface area contributed by atoms with E-state index in [0.29, 0.717) is 5.56 Å². The van der Waals surface area contributed by atoms with Crippen LogP contribution in [-0.4, -0.2) is 56.1 Å². The second kappa shape index (κ2) is 7.84. The summed E-state index contributed by atoms with van der Waals surface area (Å²) < 4.78 is 28.9. The van der Waals surface area contributed by atoms with E-state index in [2.05, 4.69) is 15.0 Å². The van der Waals surface area contributed by atoms with Gasteiger partial charge >= 0.3 is 5.97 Å². The van der Waals surface area contributed by atoms with Crippen LogP contribution in [0.25, 0.3) is 11.1 Å². The highest BCUT2D eigenvalue weighted by Crippen LogP contribution is 2.41. The minimum Gasteiger partial charge on any atom is -0.477 e. The third-order valence-electron chi connectivity index (χ3n) is 5.35. The summed E-state index contributed by atoms with van der Waals surface area (Å²) in [6.07, 6.45) is 5.49. The Labute approximate surface area is 180 Å². The molecule has 0 aliphatic carbocycles. The number of hydrogen-bond acceptors (Lipinski definition) is 6. The molecule has 1 aliphatic heterocycles. The molecule has 32 heavy (non-hydrogen) atoms. The largest absolute Gasteiger partial charge is 0.477 e. The van der Waals surface area contributed by atoms with Crippen molar-refractivity contribution in [3.63, 3.8) is 0 Å². The molecule has 0 bridgehead atoms. The van der Waals surface area contributed by atoms with Crippen molar-refractivity contribution in [1.82, 2.24) is 19.4 Å². The number of amides is 1. The number of likely N-dealkylation sites (N-methyl/N-ethyl adjacent to an activating group) is 1. The second-order valence-corrected chi connectivity index (χ2v) is 7.17. The number of carbonyl (C=O) groups is 2. The third kappa shape index (κ3) is 3.18. The summed E-state index contributed by atoms with van der Waals surface area (Å²) in [5.74, 6) is -2.53. The average Bonchev–Trinajstić information content (AvgIpc) is 3.31. The number of nitrogens with two attached hydrogens (primary N) is 1. The zero-order valence-corrected chi connectivity index (χ0v) is 16.9. The molecule has 3 aromatic rings. The van der Waals surface area contributed by atoms with Gasteiger partial charge < -0.3 is 15.4 Å². The van der Waals surface area contributed by atoms with Gasteiger partial charge in [0.1, 0.15) is 24.5 Å².